The average molecular weight is 342 g/mol. The van der Waals surface area contributed by atoms with Crippen LogP contribution in [0.2, 0.25) is 0 Å². The third-order valence-electron chi connectivity index (χ3n) is 3.77. The van der Waals surface area contributed by atoms with Gasteiger partial charge in [0.25, 0.3) is 15.8 Å². The molecule has 0 aliphatic carbocycles. The largest absolute Gasteiger partial charge is 0.308 e. The zero-order valence-electron chi connectivity index (χ0n) is 12.3. The van der Waals surface area contributed by atoms with Gasteiger partial charge < -0.3 is 4.98 Å². The maximum atomic E-state index is 12.5. The van der Waals surface area contributed by atoms with Crippen molar-refractivity contribution >= 4 is 31.8 Å². The highest BCUT2D eigenvalue weighted by atomic mass is 32.2. The molecule has 0 spiro atoms. The first-order valence-electron chi connectivity index (χ1n) is 7.16. The summed E-state index contributed by atoms with van der Waals surface area (Å²) in [6.45, 7) is 1.17. The molecule has 0 aromatic carbocycles. The normalized spacial score (nSPS) is 17.4. The van der Waals surface area contributed by atoms with Crippen LogP contribution in [0.25, 0.3) is 10.2 Å². The first-order valence-corrected chi connectivity index (χ1v) is 9.44. The van der Waals surface area contributed by atoms with Crippen LogP contribution in [0.5, 0.6) is 0 Å². The van der Waals surface area contributed by atoms with Crippen molar-refractivity contribution in [3.05, 3.63) is 27.6 Å². The van der Waals surface area contributed by atoms with Gasteiger partial charge in [-0.1, -0.05) is 6.42 Å². The topological polar surface area (TPSA) is 86.4 Å². The van der Waals surface area contributed by atoms with E-state index in [2.05, 4.69) is 9.97 Å². The van der Waals surface area contributed by atoms with Crippen LogP contribution in [0.4, 0.5) is 0 Å². The average Bonchev–Trinajstić information content (AvgIpc) is 2.97. The van der Waals surface area contributed by atoms with Crippen molar-refractivity contribution in [2.45, 2.75) is 25.8 Å². The second-order valence-electron chi connectivity index (χ2n) is 5.37. The summed E-state index contributed by atoms with van der Waals surface area (Å²) in [5.74, 6) is 0.360. The van der Waals surface area contributed by atoms with Crippen LogP contribution in [0.15, 0.2) is 16.2 Å². The van der Waals surface area contributed by atoms with Gasteiger partial charge in [0, 0.05) is 20.1 Å². The molecule has 9 heteroatoms. The molecule has 0 unspecified atom stereocenters. The van der Waals surface area contributed by atoms with E-state index in [1.807, 2.05) is 0 Å². The Bertz CT molecular complexity index is 821. The Morgan fingerprint density at radius 1 is 1.36 bits per heavy atom. The molecule has 1 aliphatic rings. The van der Waals surface area contributed by atoms with Crippen LogP contribution >= 0.6 is 11.3 Å². The number of rotatable bonds is 4. The molecule has 1 saturated heterocycles. The summed E-state index contributed by atoms with van der Waals surface area (Å²) in [5, 5.41) is 1.80. The van der Waals surface area contributed by atoms with Gasteiger partial charge in [0.05, 0.1) is 12.1 Å². The molecule has 3 heterocycles. The molecule has 0 atom stereocenters. The van der Waals surface area contributed by atoms with Crippen LogP contribution in [-0.4, -0.2) is 47.1 Å². The minimum Gasteiger partial charge on any atom is -0.308 e. The highest BCUT2D eigenvalue weighted by molar-refractivity contribution is 7.86. The minimum absolute atomic E-state index is 0.0554. The Morgan fingerprint density at radius 3 is 2.82 bits per heavy atom. The second-order valence-corrected chi connectivity index (χ2v) is 8.32. The van der Waals surface area contributed by atoms with E-state index in [-0.39, 0.29) is 12.1 Å². The summed E-state index contributed by atoms with van der Waals surface area (Å²) in [5.41, 5.74) is 0.381. The van der Waals surface area contributed by atoms with Crippen molar-refractivity contribution in [2.24, 2.45) is 0 Å². The summed E-state index contributed by atoms with van der Waals surface area (Å²) in [6, 6.07) is 1.76. The van der Waals surface area contributed by atoms with Gasteiger partial charge in [0.15, 0.2) is 0 Å². The number of H-pyrrole nitrogens is 1. The summed E-state index contributed by atoms with van der Waals surface area (Å²) >= 11 is 1.32. The lowest BCUT2D eigenvalue weighted by molar-refractivity contribution is 0.312. The van der Waals surface area contributed by atoms with Crippen LogP contribution in [-0.2, 0) is 16.8 Å². The number of fused-ring (bicyclic) bond motifs is 1. The van der Waals surface area contributed by atoms with Crippen molar-refractivity contribution in [1.82, 2.24) is 18.6 Å². The third kappa shape index (κ3) is 2.94. The fourth-order valence-corrected chi connectivity index (χ4v) is 4.71. The molecule has 2 aromatic heterocycles. The first-order chi connectivity index (χ1) is 10.5. The first kappa shape index (κ1) is 15.6. The smallest absolute Gasteiger partial charge is 0.282 e. The van der Waals surface area contributed by atoms with Gasteiger partial charge >= 0.3 is 0 Å². The van der Waals surface area contributed by atoms with Crippen LogP contribution in [0, 0.1) is 0 Å². The van der Waals surface area contributed by atoms with Gasteiger partial charge in [-0.05, 0) is 24.3 Å². The fraction of sp³-hybridized carbons (Fsp3) is 0.538. The SMILES string of the molecule is CN(Cc1nc2ccsc2c(=O)[nH]1)S(=O)(=O)N1CCCCC1. The van der Waals surface area contributed by atoms with Crippen molar-refractivity contribution in [2.75, 3.05) is 20.1 Å². The molecule has 7 nitrogen and oxygen atoms in total. The van der Waals surface area contributed by atoms with E-state index in [4.69, 9.17) is 0 Å². The lowest BCUT2D eigenvalue weighted by Gasteiger charge is -2.29. The summed E-state index contributed by atoms with van der Waals surface area (Å²) in [6.07, 6.45) is 2.85. The molecule has 1 fully saturated rings. The van der Waals surface area contributed by atoms with E-state index >= 15 is 0 Å². The summed E-state index contributed by atoms with van der Waals surface area (Å²) in [7, 11) is -1.99. The minimum atomic E-state index is -3.51. The highest BCUT2D eigenvalue weighted by Gasteiger charge is 2.28. The lowest BCUT2D eigenvalue weighted by Crippen LogP contribution is -2.44. The van der Waals surface area contributed by atoms with Crippen molar-refractivity contribution < 1.29 is 8.42 Å². The van der Waals surface area contributed by atoms with Crippen molar-refractivity contribution in [3.63, 3.8) is 0 Å². The van der Waals surface area contributed by atoms with E-state index < -0.39 is 10.2 Å². The van der Waals surface area contributed by atoms with E-state index in [0.29, 0.717) is 29.1 Å². The van der Waals surface area contributed by atoms with Crippen LogP contribution < -0.4 is 5.56 Å². The molecule has 0 saturated carbocycles. The third-order valence-corrected chi connectivity index (χ3v) is 6.61. The maximum absolute atomic E-state index is 12.5. The van der Waals surface area contributed by atoms with Crippen molar-refractivity contribution in [3.8, 4) is 0 Å². The quantitative estimate of drug-likeness (QED) is 0.903. The molecule has 0 radical (unpaired) electrons. The predicted octanol–water partition coefficient (Wildman–Crippen LogP) is 1.15. The molecular weight excluding hydrogens is 324 g/mol. The molecular formula is C13H18N4O3S2. The number of thiophene rings is 1. The fourth-order valence-electron chi connectivity index (χ4n) is 2.58. The zero-order chi connectivity index (χ0) is 15.7. The lowest BCUT2D eigenvalue weighted by atomic mass is 10.2. The molecule has 2 aromatic rings. The van der Waals surface area contributed by atoms with Gasteiger partial charge in [-0.3, -0.25) is 4.79 Å². The standard InChI is InChI=1S/C13H18N4O3S2/c1-16(22(19,20)17-6-3-2-4-7-17)9-11-14-10-5-8-21-12(10)13(18)15-11/h5,8H,2-4,6-7,9H2,1H3,(H,14,15,18). The van der Waals surface area contributed by atoms with Crippen LogP contribution in [0.1, 0.15) is 25.1 Å². The highest BCUT2D eigenvalue weighted by Crippen LogP contribution is 2.18. The number of aromatic amines is 1. The summed E-state index contributed by atoms with van der Waals surface area (Å²) < 4.78 is 28.3. The number of nitrogens with one attached hydrogen (secondary N) is 1. The van der Waals surface area contributed by atoms with Crippen LogP contribution in [0.3, 0.4) is 0 Å². The Balaban J connectivity index is 1.82. The van der Waals surface area contributed by atoms with Gasteiger partial charge in [-0.15, -0.1) is 11.3 Å². The predicted molar refractivity (Wildman–Crippen MR) is 86.1 cm³/mol. The number of hydrogen-bond acceptors (Lipinski definition) is 5. The number of aromatic nitrogens is 2. The Kier molecular flexibility index (Phi) is 4.31. The Hall–Kier alpha value is -1.29. The van der Waals surface area contributed by atoms with E-state index in [1.54, 1.807) is 11.4 Å². The van der Waals surface area contributed by atoms with Gasteiger partial charge in [0.1, 0.15) is 10.5 Å². The molecule has 3 rings (SSSR count). The number of piperidine rings is 1. The van der Waals surface area contributed by atoms with E-state index in [9.17, 15) is 13.2 Å². The monoisotopic (exact) mass is 342 g/mol. The van der Waals surface area contributed by atoms with Gasteiger partial charge in [-0.2, -0.15) is 17.0 Å². The number of hydrogen-bond donors (Lipinski definition) is 1. The second kappa shape index (κ2) is 6.07. The van der Waals surface area contributed by atoms with Gasteiger partial charge in [0.2, 0.25) is 0 Å². The maximum Gasteiger partial charge on any atom is 0.282 e. The molecule has 0 amide bonds. The number of nitrogens with zero attached hydrogens (tertiary/aromatic N) is 3. The molecule has 1 aliphatic heterocycles. The van der Waals surface area contributed by atoms with E-state index in [0.717, 1.165) is 19.3 Å². The Morgan fingerprint density at radius 2 is 2.09 bits per heavy atom. The van der Waals surface area contributed by atoms with Gasteiger partial charge in [-0.25, -0.2) is 4.98 Å². The zero-order valence-corrected chi connectivity index (χ0v) is 13.9. The Labute approximate surface area is 132 Å². The molecule has 1 N–H and O–H groups in total. The molecule has 22 heavy (non-hydrogen) atoms. The van der Waals surface area contributed by atoms with Crippen molar-refractivity contribution in [1.29, 1.82) is 0 Å². The molecule has 120 valence electrons. The molecule has 0 bridgehead atoms. The summed E-state index contributed by atoms with van der Waals surface area (Å²) in [4.78, 5) is 18.9. The van der Waals surface area contributed by atoms with E-state index in [1.165, 1.54) is 27.0 Å².